The normalized spacial score (nSPS) is 32.4. The fourth-order valence-corrected chi connectivity index (χ4v) is 8.29. The van der Waals surface area contributed by atoms with Gasteiger partial charge in [-0.25, -0.2) is 0 Å². The molecule has 4 fully saturated rings. The van der Waals surface area contributed by atoms with Gasteiger partial charge in [-0.2, -0.15) is 0 Å². The van der Waals surface area contributed by atoms with Crippen LogP contribution in [-0.2, 0) is 71.4 Å². The molecule has 4 rings (SSSR count). The zero-order valence-corrected chi connectivity index (χ0v) is 68.4. The van der Waals surface area contributed by atoms with Gasteiger partial charge in [0.2, 0.25) is 0 Å². The van der Waals surface area contributed by atoms with E-state index in [0.717, 1.165) is 24.7 Å². The van der Waals surface area contributed by atoms with Crippen LogP contribution in [0.1, 0.15) is 152 Å². The number of rotatable bonds is 17. The molecule has 0 aromatic rings. The van der Waals surface area contributed by atoms with Crippen LogP contribution in [0.4, 0.5) is 0 Å². The first-order valence-electron chi connectivity index (χ1n) is 28.3. The molecule has 0 bridgehead atoms. The molecule has 0 radical (unpaired) electrons. The molecule has 0 spiro atoms. The number of aliphatic hydroxyl groups is 8. The maximum atomic E-state index is 10.8. The number of hydrogen-bond acceptors (Lipinski definition) is 22. The Morgan fingerprint density at radius 1 is 0.535 bits per heavy atom. The van der Waals surface area contributed by atoms with Crippen molar-refractivity contribution >= 4 is 140 Å². The van der Waals surface area contributed by atoms with Gasteiger partial charge in [-0.05, 0) is 60.7 Å². The molecule has 86 heavy (non-hydrogen) atoms. The molecule has 22 nitrogen and oxygen atoms in total. The zero-order chi connectivity index (χ0) is 66.7. The summed E-state index contributed by atoms with van der Waals surface area (Å²) in [4.78, 5) is 33.2. The van der Waals surface area contributed by atoms with Crippen molar-refractivity contribution in [2.75, 3.05) is 51.2 Å². The third-order valence-corrected chi connectivity index (χ3v) is 14.2. The van der Waals surface area contributed by atoms with E-state index >= 15 is 0 Å². The Bertz CT molecular complexity index is 1490. The van der Waals surface area contributed by atoms with Crippen LogP contribution >= 0.6 is 122 Å². The summed E-state index contributed by atoms with van der Waals surface area (Å²) in [5, 5.41) is 73.6. The molecule has 4 aliphatic heterocycles. The molecule has 12 N–H and O–H groups in total. The first kappa shape index (κ1) is 103. The number of halogens is 6. The number of hydrogen-bond donors (Lipinski definition) is 10. The van der Waals surface area contributed by atoms with Crippen molar-refractivity contribution in [2.24, 2.45) is 58.8 Å². The summed E-state index contributed by atoms with van der Waals surface area (Å²) in [6.07, 6.45) is -5.90. The van der Waals surface area contributed by atoms with Crippen molar-refractivity contribution in [3.8, 4) is 0 Å². The maximum absolute atomic E-state index is 10.8. The van der Waals surface area contributed by atoms with Gasteiger partial charge in [0.25, 0.3) is 0 Å². The van der Waals surface area contributed by atoms with Crippen LogP contribution in [-0.4, -0.2) is 202 Å². The first-order chi connectivity index (χ1) is 39.2. The summed E-state index contributed by atoms with van der Waals surface area (Å²) in [5.74, 6) is 2.97. The molecule has 23 unspecified atom stereocenters. The van der Waals surface area contributed by atoms with Gasteiger partial charge in [-0.15, -0.1) is 0 Å². The second-order valence-corrected chi connectivity index (χ2v) is 67.7. The van der Waals surface area contributed by atoms with E-state index in [2.05, 4.69) is 194 Å². The molecular formula is C56H117I6N2O20V2. The number of carbonyl (C=O) groups is 3. The molecule has 4 aliphatic rings. The Morgan fingerprint density at radius 2 is 0.895 bits per heavy atom. The molecule has 523 valence electrons. The number of aliphatic hydroxyl groups excluding tert-OH is 8. The van der Waals surface area contributed by atoms with Gasteiger partial charge in [0.1, 0.15) is 43.2 Å². The molecule has 0 aliphatic carbocycles. The summed E-state index contributed by atoms with van der Waals surface area (Å²) in [6.45, 7) is 34.4. The Balaban J connectivity index is -0.000000177. The Labute approximate surface area is 599 Å². The van der Waals surface area contributed by atoms with E-state index in [9.17, 15) is 39.9 Å². The second-order valence-electron chi connectivity index (χ2n) is 20.6. The van der Waals surface area contributed by atoms with Crippen molar-refractivity contribution < 1.29 is 112 Å². The van der Waals surface area contributed by atoms with Crippen molar-refractivity contribution in [3.63, 3.8) is 0 Å². The summed E-state index contributed by atoms with van der Waals surface area (Å²) in [6, 6.07) is -1.96. The van der Waals surface area contributed by atoms with E-state index in [1.165, 1.54) is 20.8 Å². The predicted octanol–water partition coefficient (Wildman–Crippen LogP) is 9.14. The van der Waals surface area contributed by atoms with Crippen molar-refractivity contribution in [2.45, 2.75) is 244 Å². The third kappa shape index (κ3) is 46.5. The molecule has 0 amide bonds. The van der Waals surface area contributed by atoms with Gasteiger partial charge >= 0.3 is 132 Å². The fourth-order valence-electron chi connectivity index (χ4n) is 8.29. The Kier molecular flexibility index (Phi) is 74.0. The van der Waals surface area contributed by atoms with Gasteiger partial charge in [0, 0.05) is 45.1 Å². The molecular weight excluding hydrogens is 1880 g/mol. The predicted molar refractivity (Wildman–Crippen MR) is 384 cm³/mol. The Hall–Kier alpha value is 3.32. The number of ether oxygens (including phenoxy) is 9. The average molecular weight is 2000 g/mol. The fraction of sp³-hybridized carbons (Fsp3) is 0.946. The Morgan fingerprint density at radius 3 is 1.30 bits per heavy atom. The van der Waals surface area contributed by atoms with Gasteiger partial charge in [0.15, 0.2) is 18.9 Å². The van der Waals surface area contributed by atoms with Crippen molar-refractivity contribution in [3.05, 3.63) is 0 Å². The average Bonchev–Trinajstić information content (AvgIpc) is 3.03. The molecule has 0 aromatic carbocycles. The molecule has 23 atom stereocenters. The number of alkyl halides is 1. The van der Waals surface area contributed by atoms with Gasteiger partial charge in [0.05, 0.1) is 69.5 Å². The van der Waals surface area contributed by atoms with Crippen molar-refractivity contribution in [1.29, 1.82) is 0 Å². The van der Waals surface area contributed by atoms with Crippen LogP contribution in [0.3, 0.4) is 0 Å². The summed E-state index contributed by atoms with van der Waals surface area (Å²) < 4.78 is 47.6. The monoisotopic (exact) mass is 2000 g/mol. The van der Waals surface area contributed by atoms with Crippen LogP contribution in [0.2, 0.25) is 0 Å². The van der Waals surface area contributed by atoms with Gasteiger partial charge < -0.3 is 95.0 Å². The number of carbonyl (C=O) groups excluding carboxylic acids is 3. The zero-order valence-electron chi connectivity index (χ0n) is 52.6. The molecule has 4 saturated heterocycles. The van der Waals surface area contributed by atoms with Gasteiger partial charge in [-0.3, -0.25) is 14.4 Å². The molecule has 0 aromatic heterocycles. The van der Waals surface area contributed by atoms with Crippen LogP contribution in [0, 0.1) is 47.3 Å². The van der Waals surface area contributed by atoms with E-state index in [1.54, 1.807) is 6.92 Å². The quantitative estimate of drug-likeness (QED) is 0.0281. The topological polar surface area (TPSA) is 348 Å². The minimum absolute atomic E-state index is 0. The van der Waals surface area contributed by atoms with E-state index in [0.29, 0.717) is 71.6 Å². The first-order valence-corrected chi connectivity index (χ1v) is 53.0. The second kappa shape index (κ2) is 61.9. The summed E-state index contributed by atoms with van der Waals surface area (Å²) >= 11 is 14.3. The van der Waals surface area contributed by atoms with E-state index in [4.69, 9.17) is 59.9 Å². The van der Waals surface area contributed by atoms with Crippen molar-refractivity contribution in [1.82, 2.24) is 0 Å². The number of nitrogens with two attached hydrogens (primary N) is 2. The number of esters is 3. The molecule has 4 heterocycles. The van der Waals surface area contributed by atoms with Gasteiger partial charge in [-0.1, -0.05) is 127 Å². The SMILES string of the molecule is C.C.CC.CC(=O)OCC(C)CO.CCC1OC(C)C(C)C(C)C1C.CCC1OC(OCC(C)COC(C)=O)C(C)C(C)C1C.CCC1OC(OCC(O)COC(C)=O)C(N)C(O)C1O.CI.NC1C(O)OC(CO)C(O)C1O.[I][V]([I])[I].[I][V][I]. The van der Waals surface area contributed by atoms with E-state index in [-0.39, 0.29) is 75.8 Å². The van der Waals surface area contributed by atoms with E-state index < -0.39 is 80.0 Å². The van der Waals surface area contributed by atoms with Crippen LogP contribution in [0.25, 0.3) is 0 Å². The minimum atomic E-state index is -1.35. The summed E-state index contributed by atoms with van der Waals surface area (Å²) in [7, 11) is 0.628. The molecule has 30 heteroatoms. The standard InChI is InChI=1S/C16H30O4.C12H23NO7.C11H22O.C6H13NO5.C6H12O3.C2H6.CH3I.2CH4.5HI.2V/c1-7-15-12(4)11(3)13(5)16(20-15)19-9-10(2)8-18-14(6)17;1-3-8-10(16)11(17)9(13)12(20-8)19-5-7(15)4-18-6(2)14;1-6-11-9(4)7(2)8(3)10(5)12-11;7-3-5(10)4(9)2(1-8)12-6(3)11;1-5(3-7)4-9-6(2)8;2*1-2;;;;;;;;;/h10-13,15-16H,7-9H2,1-6H3;7-12,15-17H,3-5,13H2,1-2H3;7-11H,6H2,1-5H3;2-6,8-11H,1,7H2;5,7H,3-4H2,1-2H3;1-2H3;1H3;2*1H4;5*1H;;/q;;;;;;;;;;;;;;+2;+3/p-5. The van der Waals surface area contributed by atoms with Crippen LogP contribution in [0.15, 0.2) is 0 Å². The van der Waals surface area contributed by atoms with E-state index in [1.807, 2.05) is 32.6 Å². The van der Waals surface area contributed by atoms with Crippen LogP contribution in [0.5, 0.6) is 0 Å². The molecule has 0 saturated carbocycles. The van der Waals surface area contributed by atoms with Crippen LogP contribution < -0.4 is 11.5 Å². The third-order valence-electron chi connectivity index (χ3n) is 14.2. The summed E-state index contributed by atoms with van der Waals surface area (Å²) in [5.41, 5.74) is 11.0.